The summed E-state index contributed by atoms with van der Waals surface area (Å²) in [6, 6.07) is -0.827. The number of hydrogen-bond acceptors (Lipinski definition) is 13. The largest absolute Gasteiger partial charge is 0.394 e. The van der Waals surface area contributed by atoms with Gasteiger partial charge in [-0.25, -0.2) is 0 Å². The van der Waals surface area contributed by atoms with Crippen LogP contribution < -0.4 is 5.32 Å². The number of hydrogen-bond donors (Lipinski definition) is 9. The fraction of sp³-hybridized carbons (Fsp3) is 0.820. The quantitative estimate of drug-likeness (QED) is 0.0204. The molecule has 0 aromatic heterocycles. The molecular weight excluding hydrogens is 955 g/mol. The Kier molecular flexibility index (Phi) is 42.7. The summed E-state index contributed by atoms with van der Waals surface area (Å²) in [5.41, 5.74) is 0. The first-order valence-corrected chi connectivity index (χ1v) is 30.0. The number of amides is 1. The van der Waals surface area contributed by atoms with Crippen LogP contribution in [0.5, 0.6) is 0 Å². The lowest BCUT2D eigenvalue weighted by atomic mass is 9.97. The number of allylic oxidation sites excluding steroid dienone is 10. The van der Waals surface area contributed by atoms with Crippen molar-refractivity contribution in [1.82, 2.24) is 5.32 Å². The monoisotopic (exact) mass is 1060 g/mol. The molecule has 2 saturated heterocycles. The third-order valence-electron chi connectivity index (χ3n) is 14.5. The van der Waals surface area contributed by atoms with Gasteiger partial charge in [0, 0.05) is 6.42 Å². The molecule has 0 spiro atoms. The second-order valence-electron chi connectivity index (χ2n) is 21.1. The summed E-state index contributed by atoms with van der Waals surface area (Å²) < 4.78 is 22.7. The highest BCUT2D eigenvalue weighted by Gasteiger charge is 2.51. The van der Waals surface area contributed by atoms with Gasteiger partial charge in [0.2, 0.25) is 5.91 Å². The maximum Gasteiger partial charge on any atom is 0.220 e. The lowest BCUT2D eigenvalue weighted by molar-refractivity contribution is -0.359. The van der Waals surface area contributed by atoms with E-state index in [1.54, 1.807) is 0 Å². The summed E-state index contributed by atoms with van der Waals surface area (Å²) in [7, 11) is 0. The van der Waals surface area contributed by atoms with Gasteiger partial charge in [-0.05, 0) is 57.8 Å². The standard InChI is InChI=1S/C61H109NO13/c1-3-5-7-9-11-13-14-15-16-17-18-19-20-21-22-23-24-25-26-27-28-29-30-31-32-33-34-35-36-37-39-41-43-45-53(66)62-49(50(65)44-42-40-38-12-10-8-6-4-2)48-72-60-58(71)56(69)59(52(47-64)74-60)75-61-57(70)55(68)54(67)51(46-63)73-61/h5,7,11,13,15-16,18-19,21-22,49-52,54-61,63-65,67-71H,3-4,6,8-10,12,14,17,20,23-48H2,1-2H3,(H,62,66)/b7-5-,13-11-,16-15-,19-18-,22-21-. The van der Waals surface area contributed by atoms with Crippen molar-refractivity contribution in [1.29, 1.82) is 0 Å². The average Bonchev–Trinajstić information content (AvgIpc) is 3.41. The average molecular weight is 1060 g/mol. The zero-order valence-corrected chi connectivity index (χ0v) is 46.8. The van der Waals surface area contributed by atoms with Gasteiger partial charge < -0.3 is 65.1 Å². The van der Waals surface area contributed by atoms with E-state index in [2.05, 4.69) is 79.9 Å². The van der Waals surface area contributed by atoms with Crippen LogP contribution in [-0.2, 0) is 23.7 Å². The molecule has 9 N–H and O–H groups in total. The Morgan fingerprint density at radius 1 is 0.493 bits per heavy atom. The Morgan fingerprint density at radius 3 is 1.41 bits per heavy atom. The van der Waals surface area contributed by atoms with Crippen molar-refractivity contribution >= 4 is 5.91 Å². The molecule has 2 rings (SSSR count). The molecule has 1 amide bonds. The van der Waals surface area contributed by atoms with Gasteiger partial charge in [-0.2, -0.15) is 0 Å². The van der Waals surface area contributed by atoms with Crippen LogP contribution in [0.3, 0.4) is 0 Å². The van der Waals surface area contributed by atoms with Crippen LogP contribution in [0.2, 0.25) is 0 Å². The van der Waals surface area contributed by atoms with Gasteiger partial charge >= 0.3 is 0 Å². The first-order chi connectivity index (χ1) is 36.6. The predicted octanol–water partition coefficient (Wildman–Crippen LogP) is 10.2. The van der Waals surface area contributed by atoms with Crippen LogP contribution in [0, 0.1) is 0 Å². The molecule has 75 heavy (non-hydrogen) atoms. The molecule has 2 heterocycles. The molecule has 12 atom stereocenters. The zero-order chi connectivity index (χ0) is 54.6. The van der Waals surface area contributed by atoms with E-state index in [9.17, 15) is 45.6 Å². The fourth-order valence-electron chi connectivity index (χ4n) is 9.68. The number of aliphatic hydroxyl groups is 8. The Balaban J connectivity index is 1.58. The fourth-order valence-corrected chi connectivity index (χ4v) is 9.68. The molecule has 0 saturated carbocycles. The molecule has 436 valence electrons. The predicted molar refractivity (Wildman–Crippen MR) is 300 cm³/mol. The second-order valence-corrected chi connectivity index (χ2v) is 21.1. The Bertz CT molecular complexity index is 1490. The summed E-state index contributed by atoms with van der Waals surface area (Å²) in [4.78, 5) is 13.2. The first kappa shape index (κ1) is 68.8. The number of aliphatic hydroxyl groups excluding tert-OH is 8. The maximum absolute atomic E-state index is 13.2. The number of rotatable bonds is 47. The van der Waals surface area contributed by atoms with Crippen molar-refractivity contribution in [2.24, 2.45) is 0 Å². The SMILES string of the molecule is CC/C=C\C/C=C\C/C=C\C/C=C\C/C=C\CCCCCCCCCCCCCCCCCCCC(=O)NC(COC1OC(CO)C(OC2OC(CO)C(O)C(O)C2O)C(O)C1O)C(O)CCCCCCCCCC. The normalized spacial score (nSPS) is 25.5. The molecule has 0 aromatic rings. The first-order valence-electron chi connectivity index (χ1n) is 30.0. The summed E-state index contributed by atoms with van der Waals surface area (Å²) in [5, 5.41) is 86.9. The topological polar surface area (TPSA) is 228 Å². The Labute approximate surface area is 454 Å². The maximum atomic E-state index is 13.2. The van der Waals surface area contributed by atoms with E-state index in [4.69, 9.17) is 18.9 Å². The third kappa shape index (κ3) is 32.4. The van der Waals surface area contributed by atoms with Gasteiger partial charge in [0.15, 0.2) is 12.6 Å². The zero-order valence-electron chi connectivity index (χ0n) is 46.8. The minimum Gasteiger partial charge on any atom is -0.394 e. The number of ether oxygens (including phenoxy) is 4. The number of nitrogens with one attached hydrogen (secondary N) is 1. The summed E-state index contributed by atoms with van der Waals surface area (Å²) in [6.07, 6.45) is 42.7. The lowest BCUT2D eigenvalue weighted by Gasteiger charge is -2.46. The number of carbonyl (C=O) groups excluding carboxylic acids is 1. The van der Waals surface area contributed by atoms with Crippen LogP contribution in [0.15, 0.2) is 60.8 Å². The molecular formula is C61H109NO13. The van der Waals surface area contributed by atoms with E-state index < -0.39 is 86.8 Å². The van der Waals surface area contributed by atoms with Crippen LogP contribution in [0.1, 0.15) is 226 Å². The van der Waals surface area contributed by atoms with Crippen LogP contribution >= 0.6 is 0 Å². The van der Waals surface area contributed by atoms with E-state index >= 15 is 0 Å². The van der Waals surface area contributed by atoms with Gasteiger partial charge in [-0.15, -0.1) is 0 Å². The Morgan fingerprint density at radius 2 is 0.920 bits per heavy atom. The van der Waals surface area contributed by atoms with Crippen LogP contribution in [-0.4, -0.2) is 140 Å². The molecule has 2 aliphatic heterocycles. The minimum atomic E-state index is -1.78. The highest BCUT2D eigenvalue weighted by molar-refractivity contribution is 5.76. The van der Waals surface area contributed by atoms with Gasteiger partial charge in [0.1, 0.15) is 48.8 Å². The van der Waals surface area contributed by atoms with E-state index in [-0.39, 0.29) is 12.5 Å². The highest BCUT2D eigenvalue weighted by atomic mass is 16.7. The van der Waals surface area contributed by atoms with Gasteiger partial charge in [-0.3, -0.25) is 4.79 Å². The van der Waals surface area contributed by atoms with Crippen LogP contribution in [0.25, 0.3) is 0 Å². The van der Waals surface area contributed by atoms with E-state index in [0.717, 1.165) is 83.5 Å². The lowest BCUT2D eigenvalue weighted by Crippen LogP contribution is -2.65. The molecule has 12 unspecified atom stereocenters. The molecule has 2 fully saturated rings. The molecule has 2 aliphatic rings. The smallest absolute Gasteiger partial charge is 0.220 e. The molecule has 0 radical (unpaired) electrons. The second kappa shape index (κ2) is 46.6. The van der Waals surface area contributed by atoms with Crippen LogP contribution in [0.4, 0.5) is 0 Å². The molecule has 0 aliphatic carbocycles. The van der Waals surface area contributed by atoms with E-state index in [1.165, 1.54) is 116 Å². The van der Waals surface area contributed by atoms with Gasteiger partial charge in [0.05, 0.1) is 32.0 Å². The molecule has 14 nitrogen and oxygen atoms in total. The third-order valence-corrected chi connectivity index (χ3v) is 14.5. The summed E-state index contributed by atoms with van der Waals surface area (Å²) in [6.45, 7) is 2.70. The van der Waals surface area contributed by atoms with E-state index in [0.29, 0.717) is 12.8 Å². The summed E-state index contributed by atoms with van der Waals surface area (Å²) in [5.74, 6) is -0.210. The van der Waals surface area contributed by atoms with Gasteiger partial charge in [-0.1, -0.05) is 222 Å². The van der Waals surface area contributed by atoms with Crippen molar-refractivity contribution in [3.05, 3.63) is 60.8 Å². The van der Waals surface area contributed by atoms with Crippen molar-refractivity contribution < 1.29 is 64.6 Å². The van der Waals surface area contributed by atoms with Crippen molar-refractivity contribution in [3.63, 3.8) is 0 Å². The summed E-state index contributed by atoms with van der Waals surface area (Å²) >= 11 is 0. The van der Waals surface area contributed by atoms with E-state index in [1.807, 2.05) is 0 Å². The van der Waals surface area contributed by atoms with Crippen molar-refractivity contribution in [3.8, 4) is 0 Å². The minimum absolute atomic E-state index is 0.210. The van der Waals surface area contributed by atoms with Crippen molar-refractivity contribution in [2.45, 2.75) is 299 Å². The molecule has 14 heteroatoms. The molecule has 0 bridgehead atoms. The van der Waals surface area contributed by atoms with Crippen molar-refractivity contribution in [2.75, 3.05) is 19.8 Å². The molecule has 0 aromatic carbocycles. The number of unbranched alkanes of at least 4 members (excludes halogenated alkanes) is 24. The van der Waals surface area contributed by atoms with Gasteiger partial charge in [0.25, 0.3) is 0 Å². The Hall–Kier alpha value is -2.31. The highest BCUT2D eigenvalue weighted by Crippen LogP contribution is 2.30. The number of carbonyl (C=O) groups is 1.